The number of aryl methyl sites for hydroxylation is 2. The highest BCUT2D eigenvalue weighted by atomic mass is 35.5. The number of anilines is 1. The number of alkyl halides is 3. The van der Waals surface area contributed by atoms with Crippen molar-refractivity contribution in [3.8, 4) is 23.0 Å². The molecule has 0 aliphatic carbocycles. The van der Waals surface area contributed by atoms with E-state index in [-0.39, 0.29) is 22.2 Å². The Morgan fingerprint density at radius 1 is 1.08 bits per heavy atom. The number of benzene rings is 2. The molecule has 36 heavy (non-hydrogen) atoms. The van der Waals surface area contributed by atoms with Crippen molar-refractivity contribution in [2.45, 2.75) is 26.4 Å². The zero-order chi connectivity index (χ0) is 25.9. The van der Waals surface area contributed by atoms with Crippen molar-refractivity contribution in [3.05, 3.63) is 88.6 Å². The van der Waals surface area contributed by atoms with Gasteiger partial charge >= 0.3 is 6.18 Å². The molecule has 2 heterocycles. The molecular weight excluding hydrogens is 495 g/mol. The topological polar surface area (TPSA) is 89.9 Å². The first-order valence-corrected chi connectivity index (χ1v) is 11.1. The number of nitrogens with one attached hydrogen (secondary N) is 1. The highest BCUT2D eigenvalue weighted by molar-refractivity contribution is 6.34. The smallest absolute Gasteiger partial charge is 0.416 e. The van der Waals surface area contributed by atoms with Crippen LogP contribution in [0.2, 0.25) is 5.02 Å². The van der Waals surface area contributed by atoms with Crippen LogP contribution in [0.5, 0.6) is 11.6 Å². The van der Waals surface area contributed by atoms with E-state index in [0.717, 1.165) is 18.2 Å². The van der Waals surface area contributed by atoms with Gasteiger partial charge in [-0.2, -0.15) is 13.2 Å². The minimum atomic E-state index is -4.58. The summed E-state index contributed by atoms with van der Waals surface area (Å²) >= 11 is 6.01. The van der Waals surface area contributed by atoms with Crippen LogP contribution in [0.3, 0.4) is 0 Å². The molecular formula is C25H19ClF3N5O2. The fraction of sp³-hybridized carbons (Fsp3) is 0.160. The van der Waals surface area contributed by atoms with Gasteiger partial charge in [-0.3, -0.25) is 4.79 Å². The van der Waals surface area contributed by atoms with Crippen molar-refractivity contribution in [1.82, 2.24) is 19.9 Å². The van der Waals surface area contributed by atoms with Crippen LogP contribution in [0, 0.1) is 6.92 Å². The van der Waals surface area contributed by atoms with E-state index < -0.39 is 17.6 Å². The lowest BCUT2D eigenvalue weighted by molar-refractivity contribution is -0.137. The van der Waals surface area contributed by atoms with Gasteiger partial charge in [-0.15, -0.1) is 0 Å². The van der Waals surface area contributed by atoms with Gasteiger partial charge in [0.25, 0.3) is 5.91 Å². The van der Waals surface area contributed by atoms with Gasteiger partial charge in [-0.25, -0.2) is 19.9 Å². The van der Waals surface area contributed by atoms with Gasteiger partial charge in [0.2, 0.25) is 5.88 Å². The Hall–Kier alpha value is -4.05. The zero-order valence-corrected chi connectivity index (χ0v) is 19.9. The number of nitrogens with zero attached hydrogens (tertiary/aromatic N) is 4. The summed E-state index contributed by atoms with van der Waals surface area (Å²) in [5, 5.41) is 2.40. The van der Waals surface area contributed by atoms with Crippen LogP contribution in [0.4, 0.5) is 18.9 Å². The summed E-state index contributed by atoms with van der Waals surface area (Å²) in [5.74, 6) is 0.871. The molecule has 4 rings (SSSR count). The predicted molar refractivity (Wildman–Crippen MR) is 128 cm³/mol. The molecule has 0 radical (unpaired) electrons. The second kappa shape index (κ2) is 10.3. The molecule has 0 saturated heterocycles. The number of carbonyl (C=O) groups is 1. The first-order valence-electron chi connectivity index (χ1n) is 10.8. The van der Waals surface area contributed by atoms with E-state index in [1.165, 1.54) is 18.5 Å². The lowest BCUT2D eigenvalue weighted by Crippen LogP contribution is -2.14. The van der Waals surface area contributed by atoms with Gasteiger partial charge in [0.05, 0.1) is 21.8 Å². The fourth-order valence-electron chi connectivity index (χ4n) is 3.22. The average Bonchev–Trinajstić information content (AvgIpc) is 2.86. The number of ether oxygens (including phenoxy) is 1. The fourth-order valence-corrected chi connectivity index (χ4v) is 3.38. The normalized spacial score (nSPS) is 11.3. The number of pyridine rings is 1. The van der Waals surface area contributed by atoms with Crippen LogP contribution in [0.15, 0.2) is 61.1 Å². The first-order chi connectivity index (χ1) is 17.2. The van der Waals surface area contributed by atoms with Crippen molar-refractivity contribution in [3.63, 3.8) is 0 Å². The molecule has 0 saturated carbocycles. The van der Waals surface area contributed by atoms with E-state index in [1.807, 2.05) is 6.92 Å². The highest BCUT2D eigenvalue weighted by Gasteiger charge is 2.31. The van der Waals surface area contributed by atoms with Crippen molar-refractivity contribution in [2.24, 2.45) is 0 Å². The minimum absolute atomic E-state index is 0.0261. The third kappa shape index (κ3) is 5.60. The quantitative estimate of drug-likeness (QED) is 0.315. The van der Waals surface area contributed by atoms with Gasteiger partial charge in [0.15, 0.2) is 5.82 Å². The van der Waals surface area contributed by atoms with E-state index >= 15 is 0 Å². The molecule has 0 spiro atoms. The standard InChI is InChI=1S/C25H19ClF3N5O2/c1-3-21-31-13-32-22(34-21)17-5-4-10-30-24(17)36-20-11-15(7-6-14(20)2)23(35)33-19-12-16(25(27,28)29)8-9-18(19)26/h4-13H,3H2,1-2H3,(H,33,35). The largest absolute Gasteiger partial charge is 0.438 e. The molecule has 184 valence electrons. The molecule has 2 aromatic carbocycles. The summed E-state index contributed by atoms with van der Waals surface area (Å²) in [6.45, 7) is 3.70. The van der Waals surface area contributed by atoms with Gasteiger partial charge in [-0.05, 0) is 55.0 Å². The van der Waals surface area contributed by atoms with E-state index in [2.05, 4.69) is 25.3 Å². The maximum atomic E-state index is 13.1. The summed E-state index contributed by atoms with van der Waals surface area (Å²) in [7, 11) is 0. The SMILES string of the molecule is CCc1ncnc(-c2cccnc2Oc2cc(C(=O)Nc3cc(C(F)(F)F)ccc3Cl)ccc2C)n1. The van der Waals surface area contributed by atoms with E-state index in [9.17, 15) is 18.0 Å². The number of halogens is 4. The van der Waals surface area contributed by atoms with Crippen molar-refractivity contribution < 1.29 is 22.7 Å². The molecule has 7 nitrogen and oxygen atoms in total. The lowest BCUT2D eigenvalue weighted by atomic mass is 10.1. The van der Waals surface area contributed by atoms with E-state index in [1.54, 1.807) is 31.3 Å². The van der Waals surface area contributed by atoms with E-state index in [4.69, 9.17) is 16.3 Å². The number of aromatic nitrogens is 4. The highest BCUT2D eigenvalue weighted by Crippen LogP contribution is 2.35. The molecule has 0 aliphatic rings. The number of carbonyl (C=O) groups excluding carboxylic acids is 1. The number of hydrogen-bond acceptors (Lipinski definition) is 6. The molecule has 0 fully saturated rings. The molecule has 2 aromatic heterocycles. The van der Waals surface area contributed by atoms with Crippen LogP contribution in [0.25, 0.3) is 11.4 Å². The Morgan fingerprint density at radius 3 is 2.64 bits per heavy atom. The summed E-state index contributed by atoms with van der Waals surface area (Å²) in [5.41, 5.74) is 0.287. The zero-order valence-electron chi connectivity index (χ0n) is 19.1. The van der Waals surface area contributed by atoms with Gasteiger partial charge < -0.3 is 10.1 Å². The van der Waals surface area contributed by atoms with Crippen molar-refractivity contribution in [1.29, 1.82) is 0 Å². The molecule has 0 atom stereocenters. The predicted octanol–water partition coefficient (Wildman–Crippen LogP) is 6.52. The summed E-state index contributed by atoms with van der Waals surface area (Å²) in [6.07, 6.45) is -1.00. The third-order valence-electron chi connectivity index (χ3n) is 5.15. The molecule has 1 N–H and O–H groups in total. The van der Waals surface area contributed by atoms with Crippen molar-refractivity contribution in [2.75, 3.05) is 5.32 Å². The number of amides is 1. The lowest BCUT2D eigenvalue weighted by Gasteiger charge is -2.14. The van der Waals surface area contributed by atoms with Gasteiger partial charge in [0, 0.05) is 18.2 Å². The first kappa shape index (κ1) is 25.1. The van der Waals surface area contributed by atoms with Crippen LogP contribution < -0.4 is 10.1 Å². The average molecular weight is 514 g/mol. The van der Waals surface area contributed by atoms with E-state index in [0.29, 0.717) is 34.9 Å². The third-order valence-corrected chi connectivity index (χ3v) is 5.48. The molecule has 4 aromatic rings. The van der Waals surface area contributed by atoms with Gasteiger partial charge in [0.1, 0.15) is 17.9 Å². The molecule has 1 amide bonds. The second-order valence-electron chi connectivity index (χ2n) is 7.66. The maximum absolute atomic E-state index is 13.1. The maximum Gasteiger partial charge on any atom is 0.416 e. The minimum Gasteiger partial charge on any atom is -0.438 e. The Bertz CT molecular complexity index is 1430. The molecule has 0 aliphatic heterocycles. The summed E-state index contributed by atoms with van der Waals surface area (Å²) < 4.78 is 45.2. The Balaban J connectivity index is 1.62. The van der Waals surface area contributed by atoms with Crippen molar-refractivity contribution >= 4 is 23.2 Å². The second-order valence-corrected chi connectivity index (χ2v) is 8.07. The number of hydrogen-bond donors (Lipinski definition) is 1. The summed E-state index contributed by atoms with van der Waals surface area (Å²) in [6, 6.07) is 10.8. The van der Waals surface area contributed by atoms with Crippen LogP contribution in [-0.4, -0.2) is 25.8 Å². The van der Waals surface area contributed by atoms with Crippen LogP contribution >= 0.6 is 11.6 Å². The number of rotatable bonds is 6. The van der Waals surface area contributed by atoms with Gasteiger partial charge in [-0.1, -0.05) is 24.6 Å². The Morgan fingerprint density at radius 2 is 1.89 bits per heavy atom. The Labute approximate surface area is 209 Å². The summed E-state index contributed by atoms with van der Waals surface area (Å²) in [4.78, 5) is 29.9. The monoisotopic (exact) mass is 513 g/mol. The Kier molecular flexibility index (Phi) is 7.16. The molecule has 11 heteroatoms. The molecule has 0 unspecified atom stereocenters. The van der Waals surface area contributed by atoms with Crippen LogP contribution in [0.1, 0.15) is 34.2 Å². The molecule has 0 bridgehead atoms. The van der Waals surface area contributed by atoms with Crippen LogP contribution in [-0.2, 0) is 12.6 Å².